The highest BCUT2D eigenvalue weighted by molar-refractivity contribution is 9.09. The molecule has 2 aromatic rings. The summed E-state index contributed by atoms with van der Waals surface area (Å²) in [4.78, 5) is 4.57. The monoisotopic (exact) mass is 280 g/mol. The third-order valence-electron chi connectivity index (χ3n) is 2.86. The maximum absolute atomic E-state index is 4.57. The van der Waals surface area contributed by atoms with E-state index in [9.17, 15) is 0 Å². The van der Waals surface area contributed by atoms with Crippen LogP contribution in [-0.2, 0) is 6.54 Å². The molecule has 0 bridgehead atoms. The number of hydrogen-bond donors (Lipinski definition) is 0. The van der Waals surface area contributed by atoms with Gasteiger partial charge < -0.3 is 4.57 Å². The predicted octanol–water partition coefficient (Wildman–Crippen LogP) is 3.91. The molecule has 0 fully saturated rings. The normalized spacial score (nSPS) is 11.1. The van der Waals surface area contributed by atoms with Crippen LogP contribution in [0.25, 0.3) is 11.0 Å². The quantitative estimate of drug-likeness (QED) is 0.600. The van der Waals surface area contributed by atoms with Gasteiger partial charge in [0.05, 0.1) is 11.0 Å². The molecule has 0 atom stereocenters. The van der Waals surface area contributed by atoms with E-state index in [1.165, 1.54) is 24.8 Å². The van der Waals surface area contributed by atoms with Crippen LogP contribution < -0.4 is 0 Å². The number of rotatable bonds is 5. The van der Waals surface area contributed by atoms with Crippen LogP contribution in [0.3, 0.4) is 0 Å². The van der Waals surface area contributed by atoms with Crippen molar-refractivity contribution >= 4 is 27.0 Å². The highest BCUT2D eigenvalue weighted by Crippen LogP contribution is 2.16. The van der Waals surface area contributed by atoms with Gasteiger partial charge in [-0.25, -0.2) is 4.98 Å². The van der Waals surface area contributed by atoms with E-state index in [0.717, 1.165) is 23.2 Å². The second kappa shape index (κ2) is 5.48. The molecule has 0 saturated heterocycles. The molecule has 0 aliphatic heterocycles. The Morgan fingerprint density at radius 3 is 2.81 bits per heavy atom. The average Bonchev–Trinajstić information content (AvgIpc) is 2.61. The SMILES string of the molecule is Cc1nc2ccccc2n1CCCCCBr. The summed E-state index contributed by atoms with van der Waals surface area (Å²) in [5, 5.41) is 1.11. The Morgan fingerprint density at radius 2 is 2.00 bits per heavy atom. The van der Waals surface area contributed by atoms with Crippen molar-refractivity contribution in [2.24, 2.45) is 0 Å². The molecule has 0 aliphatic rings. The van der Waals surface area contributed by atoms with Crippen molar-refractivity contribution in [1.29, 1.82) is 0 Å². The summed E-state index contributed by atoms with van der Waals surface area (Å²) < 4.78 is 2.32. The van der Waals surface area contributed by atoms with Gasteiger partial charge in [0.25, 0.3) is 0 Å². The molecule has 1 aromatic carbocycles. The van der Waals surface area contributed by atoms with Crippen LogP contribution in [0.15, 0.2) is 24.3 Å². The first-order valence-corrected chi connectivity index (χ1v) is 6.93. The van der Waals surface area contributed by atoms with Crippen molar-refractivity contribution in [3.8, 4) is 0 Å². The molecular formula is C13H17BrN2. The van der Waals surface area contributed by atoms with Crippen LogP contribution in [-0.4, -0.2) is 14.9 Å². The Kier molecular flexibility index (Phi) is 3.99. The first kappa shape index (κ1) is 11.6. The van der Waals surface area contributed by atoms with Crippen molar-refractivity contribution in [3.63, 3.8) is 0 Å². The number of imidazole rings is 1. The Hall–Kier alpha value is -0.830. The maximum Gasteiger partial charge on any atom is 0.106 e. The van der Waals surface area contributed by atoms with Gasteiger partial charge >= 0.3 is 0 Å². The number of aryl methyl sites for hydroxylation is 2. The lowest BCUT2D eigenvalue weighted by molar-refractivity contribution is 0.605. The van der Waals surface area contributed by atoms with Gasteiger partial charge in [-0.3, -0.25) is 0 Å². The fourth-order valence-corrected chi connectivity index (χ4v) is 2.42. The molecule has 0 N–H and O–H groups in total. The zero-order chi connectivity index (χ0) is 11.4. The van der Waals surface area contributed by atoms with Crippen LogP contribution in [0.1, 0.15) is 25.1 Å². The van der Waals surface area contributed by atoms with E-state index in [2.05, 4.69) is 50.6 Å². The molecule has 1 aromatic heterocycles. The minimum atomic E-state index is 1.08. The number of unbranched alkanes of at least 4 members (excludes halogenated alkanes) is 2. The number of fused-ring (bicyclic) bond motifs is 1. The fraction of sp³-hybridized carbons (Fsp3) is 0.462. The lowest BCUT2D eigenvalue weighted by atomic mass is 10.2. The van der Waals surface area contributed by atoms with Gasteiger partial charge in [0, 0.05) is 11.9 Å². The first-order chi connectivity index (χ1) is 7.83. The highest BCUT2D eigenvalue weighted by Gasteiger charge is 2.05. The van der Waals surface area contributed by atoms with Gasteiger partial charge in [0.2, 0.25) is 0 Å². The number of alkyl halides is 1. The molecule has 2 rings (SSSR count). The topological polar surface area (TPSA) is 17.8 Å². The van der Waals surface area contributed by atoms with Gasteiger partial charge in [0.1, 0.15) is 5.82 Å². The molecular weight excluding hydrogens is 264 g/mol. The van der Waals surface area contributed by atoms with Gasteiger partial charge in [-0.2, -0.15) is 0 Å². The minimum absolute atomic E-state index is 1.08. The highest BCUT2D eigenvalue weighted by atomic mass is 79.9. The third-order valence-corrected chi connectivity index (χ3v) is 3.42. The molecule has 1 heterocycles. The van der Waals surface area contributed by atoms with Gasteiger partial charge in [-0.15, -0.1) is 0 Å². The molecule has 16 heavy (non-hydrogen) atoms. The van der Waals surface area contributed by atoms with Gasteiger partial charge in [-0.05, 0) is 31.9 Å². The van der Waals surface area contributed by atoms with E-state index in [-0.39, 0.29) is 0 Å². The molecule has 0 amide bonds. The summed E-state index contributed by atoms with van der Waals surface area (Å²) >= 11 is 3.46. The molecule has 0 spiro atoms. The summed E-state index contributed by atoms with van der Waals surface area (Å²) in [6, 6.07) is 8.36. The lowest BCUT2D eigenvalue weighted by Gasteiger charge is -2.05. The van der Waals surface area contributed by atoms with Crippen LogP contribution in [0, 0.1) is 6.92 Å². The second-order valence-corrected chi connectivity index (χ2v) is 4.84. The van der Waals surface area contributed by atoms with E-state index >= 15 is 0 Å². The number of hydrogen-bond acceptors (Lipinski definition) is 1. The second-order valence-electron chi connectivity index (χ2n) is 4.05. The van der Waals surface area contributed by atoms with Crippen molar-refractivity contribution in [2.45, 2.75) is 32.7 Å². The molecule has 2 nitrogen and oxygen atoms in total. The zero-order valence-electron chi connectivity index (χ0n) is 9.62. The van der Waals surface area contributed by atoms with E-state index in [0.29, 0.717) is 0 Å². The predicted molar refractivity (Wildman–Crippen MR) is 72.1 cm³/mol. The molecule has 0 unspecified atom stereocenters. The zero-order valence-corrected chi connectivity index (χ0v) is 11.2. The average molecular weight is 281 g/mol. The molecule has 86 valence electrons. The summed E-state index contributed by atoms with van der Waals surface area (Å²) in [6.07, 6.45) is 3.76. The standard InChI is InChI=1S/C13H17BrN2/c1-11-15-12-7-3-4-8-13(12)16(11)10-6-2-5-9-14/h3-4,7-8H,2,5-6,9-10H2,1H3. The number of nitrogens with zero attached hydrogens (tertiary/aromatic N) is 2. The minimum Gasteiger partial charge on any atom is -0.328 e. The number of aromatic nitrogens is 2. The maximum atomic E-state index is 4.57. The Morgan fingerprint density at radius 1 is 1.19 bits per heavy atom. The number of para-hydroxylation sites is 2. The van der Waals surface area contributed by atoms with Crippen molar-refractivity contribution in [2.75, 3.05) is 5.33 Å². The summed E-state index contributed by atoms with van der Waals surface area (Å²) in [5.41, 5.74) is 2.37. The number of benzene rings is 1. The van der Waals surface area contributed by atoms with Gasteiger partial charge in [0.15, 0.2) is 0 Å². The Bertz CT molecular complexity index is 462. The molecule has 3 heteroatoms. The Balaban J connectivity index is 2.13. The van der Waals surface area contributed by atoms with Crippen molar-refractivity contribution in [1.82, 2.24) is 9.55 Å². The van der Waals surface area contributed by atoms with Crippen LogP contribution in [0.2, 0.25) is 0 Å². The number of halogens is 1. The van der Waals surface area contributed by atoms with E-state index < -0.39 is 0 Å². The molecule has 0 radical (unpaired) electrons. The molecule has 0 aliphatic carbocycles. The summed E-state index contributed by atoms with van der Waals surface area (Å²) in [6.45, 7) is 3.17. The third kappa shape index (κ3) is 2.46. The largest absolute Gasteiger partial charge is 0.328 e. The van der Waals surface area contributed by atoms with E-state index in [4.69, 9.17) is 0 Å². The fourth-order valence-electron chi connectivity index (χ4n) is 2.02. The van der Waals surface area contributed by atoms with Gasteiger partial charge in [-0.1, -0.05) is 34.5 Å². The summed E-state index contributed by atoms with van der Waals surface area (Å²) in [7, 11) is 0. The molecule has 0 saturated carbocycles. The smallest absolute Gasteiger partial charge is 0.106 e. The van der Waals surface area contributed by atoms with E-state index in [1.54, 1.807) is 0 Å². The van der Waals surface area contributed by atoms with Crippen LogP contribution >= 0.6 is 15.9 Å². The lowest BCUT2D eigenvalue weighted by Crippen LogP contribution is -2.00. The van der Waals surface area contributed by atoms with Crippen LogP contribution in [0.4, 0.5) is 0 Å². The van der Waals surface area contributed by atoms with Crippen molar-refractivity contribution < 1.29 is 0 Å². The Labute approximate surface area is 105 Å². The van der Waals surface area contributed by atoms with E-state index in [1.807, 2.05) is 6.07 Å². The first-order valence-electron chi connectivity index (χ1n) is 5.81. The van der Waals surface area contributed by atoms with Crippen molar-refractivity contribution in [3.05, 3.63) is 30.1 Å². The summed E-state index contributed by atoms with van der Waals surface area (Å²) in [5.74, 6) is 1.13. The van der Waals surface area contributed by atoms with Crippen LogP contribution in [0.5, 0.6) is 0 Å².